The van der Waals surface area contributed by atoms with Gasteiger partial charge in [-0.05, 0) is 42.8 Å². The molecule has 5 heteroatoms. The Kier molecular flexibility index (Phi) is 3.63. The summed E-state index contributed by atoms with van der Waals surface area (Å²) in [6.45, 7) is 2.07. The molecule has 102 valence electrons. The van der Waals surface area contributed by atoms with E-state index in [4.69, 9.17) is 4.74 Å². The van der Waals surface area contributed by atoms with E-state index in [0.29, 0.717) is 0 Å². The van der Waals surface area contributed by atoms with Crippen molar-refractivity contribution in [3.05, 3.63) is 46.4 Å². The Morgan fingerprint density at radius 3 is 2.85 bits per heavy atom. The second-order valence-corrected chi connectivity index (χ2v) is 6.38. The maximum Gasteiger partial charge on any atom is 0.188 e. The predicted octanol–water partition coefficient (Wildman–Crippen LogP) is 5.12. The van der Waals surface area contributed by atoms with Crippen molar-refractivity contribution in [2.45, 2.75) is 6.92 Å². The molecule has 0 amide bonds. The minimum atomic E-state index is 0.853. The number of nitrogens with zero attached hydrogens (tertiary/aromatic N) is 1. The fourth-order valence-electron chi connectivity index (χ4n) is 1.93. The molecule has 1 N–H and O–H groups in total. The quantitative estimate of drug-likeness (QED) is 0.713. The first-order chi connectivity index (χ1) is 9.65. The third-order valence-corrected chi connectivity index (χ3v) is 4.46. The lowest BCUT2D eigenvalue weighted by molar-refractivity contribution is 0.415. The predicted molar refractivity (Wildman–Crippen MR) is 88.3 cm³/mol. The molecule has 0 aliphatic rings. The number of fused-ring (bicyclic) bond motifs is 1. The van der Waals surface area contributed by atoms with Crippen LogP contribution >= 0.6 is 27.3 Å². The Morgan fingerprint density at radius 1 is 1.20 bits per heavy atom. The number of nitrogens with one attached hydrogen (secondary N) is 1. The lowest BCUT2D eigenvalue weighted by atomic mass is 10.2. The van der Waals surface area contributed by atoms with Crippen molar-refractivity contribution >= 4 is 48.3 Å². The molecule has 0 aliphatic carbocycles. The monoisotopic (exact) mass is 348 g/mol. The number of ether oxygens (including phenoxy) is 1. The van der Waals surface area contributed by atoms with Crippen molar-refractivity contribution < 1.29 is 4.74 Å². The minimum Gasteiger partial charge on any atom is -0.497 e. The van der Waals surface area contributed by atoms with E-state index in [9.17, 15) is 0 Å². The molecule has 0 bridgehead atoms. The maximum atomic E-state index is 5.24. The van der Waals surface area contributed by atoms with E-state index in [1.165, 1.54) is 5.56 Å². The number of benzene rings is 2. The number of hydrogen-bond acceptors (Lipinski definition) is 4. The molecular weight excluding hydrogens is 336 g/mol. The average Bonchev–Trinajstić information content (AvgIpc) is 2.84. The van der Waals surface area contributed by atoms with Gasteiger partial charge in [0, 0.05) is 10.2 Å². The van der Waals surface area contributed by atoms with Gasteiger partial charge in [-0.2, -0.15) is 0 Å². The Hall–Kier alpha value is -1.59. The van der Waals surface area contributed by atoms with Crippen LogP contribution in [0.15, 0.2) is 40.9 Å². The van der Waals surface area contributed by atoms with Crippen LogP contribution in [0.5, 0.6) is 5.75 Å². The van der Waals surface area contributed by atoms with Gasteiger partial charge >= 0.3 is 0 Å². The number of thiazole rings is 1. The van der Waals surface area contributed by atoms with Gasteiger partial charge in [-0.3, -0.25) is 0 Å². The third-order valence-electron chi connectivity index (χ3n) is 3.04. The molecule has 1 aromatic heterocycles. The summed E-state index contributed by atoms with van der Waals surface area (Å²) in [6.07, 6.45) is 0. The molecule has 1 heterocycles. The van der Waals surface area contributed by atoms with Crippen molar-refractivity contribution in [2.24, 2.45) is 0 Å². The van der Waals surface area contributed by atoms with Gasteiger partial charge in [0.15, 0.2) is 5.13 Å². The van der Waals surface area contributed by atoms with E-state index in [1.807, 2.05) is 24.3 Å². The molecule has 0 fully saturated rings. The highest BCUT2D eigenvalue weighted by atomic mass is 79.9. The van der Waals surface area contributed by atoms with E-state index in [-0.39, 0.29) is 0 Å². The molecule has 3 rings (SSSR count). The van der Waals surface area contributed by atoms with Crippen molar-refractivity contribution in [2.75, 3.05) is 12.4 Å². The smallest absolute Gasteiger partial charge is 0.188 e. The summed E-state index contributed by atoms with van der Waals surface area (Å²) >= 11 is 5.11. The summed E-state index contributed by atoms with van der Waals surface area (Å²) in [7, 11) is 1.67. The molecule has 0 unspecified atom stereocenters. The Labute approximate surface area is 129 Å². The van der Waals surface area contributed by atoms with E-state index in [1.54, 1.807) is 18.4 Å². The van der Waals surface area contributed by atoms with E-state index in [2.05, 4.69) is 45.3 Å². The third kappa shape index (κ3) is 2.64. The molecule has 3 nitrogen and oxygen atoms in total. The highest BCUT2D eigenvalue weighted by Crippen LogP contribution is 2.32. The average molecular weight is 349 g/mol. The first-order valence-corrected chi connectivity index (χ1v) is 7.74. The van der Waals surface area contributed by atoms with Crippen molar-refractivity contribution in [1.82, 2.24) is 4.98 Å². The van der Waals surface area contributed by atoms with Crippen LogP contribution in [0, 0.1) is 6.92 Å². The van der Waals surface area contributed by atoms with Crippen LogP contribution in [0.2, 0.25) is 0 Å². The maximum absolute atomic E-state index is 5.24. The van der Waals surface area contributed by atoms with E-state index in [0.717, 1.165) is 31.3 Å². The minimum absolute atomic E-state index is 0.853. The highest BCUT2D eigenvalue weighted by molar-refractivity contribution is 9.10. The SMILES string of the molecule is COc1ccc2nc(Nc3cc(Br)ccc3C)sc2c1. The van der Waals surface area contributed by atoms with Crippen LogP contribution < -0.4 is 10.1 Å². The van der Waals surface area contributed by atoms with Crippen LogP contribution in [-0.2, 0) is 0 Å². The summed E-state index contributed by atoms with van der Waals surface area (Å²) < 4.78 is 7.40. The first-order valence-electron chi connectivity index (χ1n) is 6.13. The molecule has 0 radical (unpaired) electrons. The Morgan fingerprint density at radius 2 is 2.05 bits per heavy atom. The molecular formula is C15H13BrN2OS. The van der Waals surface area contributed by atoms with Crippen LogP contribution in [0.4, 0.5) is 10.8 Å². The summed E-state index contributed by atoms with van der Waals surface area (Å²) in [6, 6.07) is 12.1. The van der Waals surface area contributed by atoms with Gasteiger partial charge in [0.05, 0.1) is 17.3 Å². The second kappa shape index (κ2) is 5.42. The Balaban J connectivity index is 1.96. The van der Waals surface area contributed by atoms with Crippen LogP contribution in [0.1, 0.15) is 5.56 Å². The summed E-state index contributed by atoms with van der Waals surface area (Å²) in [5, 5.41) is 4.26. The fraction of sp³-hybridized carbons (Fsp3) is 0.133. The van der Waals surface area contributed by atoms with E-state index >= 15 is 0 Å². The Bertz CT molecular complexity index is 770. The molecule has 0 saturated heterocycles. The number of rotatable bonds is 3. The van der Waals surface area contributed by atoms with Gasteiger partial charge in [0.1, 0.15) is 5.75 Å². The van der Waals surface area contributed by atoms with Crippen LogP contribution in [0.3, 0.4) is 0 Å². The van der Waals surface area contributed by atoms with Gasteiger partial charge in [-0.15, -0.1) is 0 Å². The molecule has 0 atom stereocenters. The number of methoxy groups -OCH3 is 1. The molecule has 0 spiro atoms. The zero-order chi connectivity index (χ0) is 14.1. The van der Waals surface area contributed by atoms with Crippen molar-refractivity contribution in [3.8, 4) is 5.75 Å². The molecule has 2 aromatic carbocycles. The van der Waals surface area contributed by atoms with Crippen molar-refractivity contribution in [3.63, 3.8) is 0 Å². The van der Waals surface area contributed by atoms with Crippen LogP contribution in [0.25, 0.3) is 10.2 Å². The lowest BCUT2D eigenvalue weighted by Crippen LogP contribution is -1.92. The molecule has 0 saturated carbocycles. The zero-order valence-corrected chi connectivity index (χ0v) is 13.5. The number of halogens is 1. The highest BCUT2D eigenvalue weighted by Gasteiger charge is 2.07. The fourth-order valence-corrected chi connectivity index (χ4v) is 3.20. The van der Waals surface area contributed by atoms with Gasteiger partial charge in [0.25, 0.3) is 0 Å². The largest absolute Gasteiger partial charge is 0.497 e. The number of anilines is 2. The summed E-state index contributed by atoms with van der Waals surface area (Å²) in [5.74, 6) is 0.853. The zero-order valence-electron chi connectivity index (χ0n) is 11.1. The summed E-state index contributed by atoms with van der Waals surface area (Å²) in [5.41, 5.74) is 3.22. The van der Waals surface area contributed by atoms with Gasteiger partial charge in [-0.1, -0.05) is 33.3 Å². The van der Waals surface area contributed by atoms with Gasteiger partial charge in [-0.25, -0.2) is 4.98 Å². The van der Waals surface area contributed by atoms with Crippen molar-refractivity contribution in [1.29, 1.82) is 0 Å². The van der Waals surface area contributed by atoms with Crippen LogP contribution in [-0.4, -0.2) is 12.1 Å². The number of aromatic nitrogens is 1. The second-order valence-electron chi connectivity index (χ2n) is 4.44. The topological polar surface area (TPSA) is 34.1 Å². The molecule has 3 aromatic rings. The number of aryl methyl sites for hydroxylation is 1. The molecule has 0 aliphatic heterocycles. The van der Waals surface area contributed by atoms with E-state index < -0.39 is 0 Å². The summed E-state index contributed by atoms with van der Waals surface area (Å²) in [4.78, 5) is 4.59. The molecule has 20 heavy (non-hydrogen) atoms. The standard InChI is InChI=1S/C15H13BrN2OS/c1-9-3-4-10(16)7-13(9)18-15-17-12-6-5-11(19-2)8-14(12)20-15/h3-8H,1-2H3,(H,17,18). The van der Waals surface area contributed by atoms with Gasteiger partial charge in [0.2, 0.25) is 0 Å². The number of hydrogen-bond donors (Lipinski definition) is 1. The first kappa shape index (κ1) is 13.4. The lowest BCUT2D eigenvalue weighted by Gasteiger charge is -2.06. The van der Waals surface area contributed by atoms with Gasteiger partial charge < -0.3 is 10.1 Å². The normalized spacial score (nSPS) is 10.8.